The molecule has 2 aromatic heterocycles. The fraction of sp³-hybridized carbons (Fsp3) is 0.136. The summed E-state index contributed by atoms with van der Waals surface area (Å²) in [7, 11) is 0. The predicted molar refractivity (Wildman–Crippen MR) is 124 cm³/mol. The summed E-state index contributed by atoms with van der Waals surface area (Å²) < 4.78 is 11.4. The van der Waals surface area contributed by atoms with Crippen LogP contribution in [0, 0.1) is 0 Å². The summed E-state index contributed by atoms with van der Waals surface area (Å²) in [5.74, 6) is -0.238. The fourth-order valence-corrected chi connectivity index (χ4v) is 4.83. The lowest BCUT2D eigenvalue weighted by Gasteiger charge is -2.07. The third-order valence-corrected chi connectivity index (χ3v) is 6.28. The predicted octanol–water partition coefficient (Wildman–Crippen LogP) is 5.30. The Morgan fingerprint density at radius 3 is 2.48 bits per heavy atom. The number of hydrogen-bond acceptors (Lipinski definition) is 8. The molecule has 2 N–H and O–H groups in total. The first-order chi connectivity index (χ1) is 15.1. The van der Waals surface area contributed by atoms with E-state index in [1.54, 1.807) is 30.3 Å². The minimum absolute atomic E-state index is 0.369. The van der Waals surface area contributed by atoms with E-state index in [4.69, 9.17) is 9.47 Å². The zero-order chi connectivity index (χ0) is 21.6. The summed E-state index contributed by atoms with van der Waals surface area (Å²) in [5, 5.41) is 6.67. The van der Waals surface area contributed by atoms with Crippen molar-refractivity contribution in [2.75, 3.05) is 23.8 Å². The van der Waals surface area contributed by atoms with Gasteiger partial charge >= 0.3 is 5.97 Å². The third kappa shape index (κ3) is 5.39. The van der Waals surface area contributed by atoms with Gasteiger partial charge in [-0.25, -0.2) is 9.78 Å². The van der Waals surface area contributed by atoms with Gasteiger partial charge in [0.15, 0.2) is 11.7 Å². The maximum atomic E-state index is 12.3. The van der Waals surface area contributed by atoms with Crippen LogP contribution in [0.2, 0.25) is 0 Å². The molecule has 4 rings (SSSR count). The van der Waals surface area contributed by atoms with Crippen molar-refractivity contribution in [1.82, 2.24) is 4.98 Å². The highest BCUT2D eigenvalue weighted by Gasteiger charge is 2.16. The van der Waals surface area contributed by atoms with Crippen molar-refractivity contribution in [1.29, 1.82) is 0 Å². The standard InChI is InChI=1S/C22H19N3O4S2/c1-2-28-16-10-8-15(9-11-16)23-19(26)13-29-20(27)18-12-17-21(30-18)31-22(25-17)24-14-6-4-3-5-7-14/h3-12H,2,13H2,1H3,(H,23,26)(H,24,25). The van der Waals surface area contributed by atoms with E-state index >= 15 is 0 Å². The number of ether oxygens (including phenoxy) is 2. The van der Waals surface area contributed by atoms with Crippen LogP contribution in [0.4, 0.5) is 16.5 Å². The van der Waals surface area contributed by atoms with Gasteiger partial charge in [0.25, 0.3) is 5.91 Å². The number of benzene rings is 2. The number of thiophene rings is 1. The van der Waals surface area contributed by atoms with E-state index in [1.165, 1.54) is 22.7 Å². The van der Waals surface area contributed by atoms with Crippen LogP contribution in [0.15, 0.2) is 60.7 Å². The van der Waals surface area contributed by atoms with Gasteiger partial charge in [0.1, 0.15) is 14.6 Å². The lowest BCUT2D eigenvalue weighted by atomic mass is 10.3. The molecule has 7 nitrogen and oxygen atoms in total. The normalized spacial score (nSPS) is 10.6. The maximum absolute atomic E-state index is 12.3. The van der Waals surface area contributed by atoms with Crippen molar-refractivity contribution in [3.05, 3.63) is 65.5 Å². The van der Waals surface area contributed by atoms with Crippen LogP contribution in [0.3, 0.4) is 0 Å². The number of anilines is 3. The van der Waals surface area contributed by atoms with Crippen LogP contribution >= 0.6 is 22.7 Å². The van der Waals surface area contributed by atoms with Crippen LogP contribution in [0.1, 0.15) is 16.6 Å². The van der Waals surface area contributed by atoms with Gasteiger partial charge in [-0.2, -0.15) is 0 Å². The van der Waals surface area contributed by atoms with Gasteiger partial charge in [0.2, 0.25) is 0 Å². The highest BCUT2D eigenvalue weighted by Crippen LogP contribution is 2.35. The lowest BCUT2D eigenvalue weighted by molar-refractivity contribution is -0.119. The molecule has 0 aliphatic heterocycles. The van der Waals surface area contributed by atoms with Gasteiger partial charge in [0.05, 0.1) is 12.1 Å². The van der Waals surface area contributed by atoms with Crippen molar-refractivity contribution in [3.8, 4) is 5.75 Å². The smallest absolute Gasteiger partial charge is 0.348 e. The number of esters is 1. The van der Waals surface area contributed by atoms with Gasteiger partial charge in [-0.3, -0.25) is 4.79 Å². The second-order valence-electron chi connectivity index (χ2n) is 6.38. The zero-order valence-electron chi connectivity index (χ0n) is 16.6. The summed E-state index contributed by atoms with van der Waals surface area (Å²) in [6.07, 6.45) is 0. The molecule has 9 heteroatoms. The second-order valence-corrected chi connectivity index (χ2v) is 8.68. The molecule has 0 unspecified atom stereocenters. The van der Waals surface area contributed by atoms with E-state index in [1.807, 2.05) is 37.3 Å². The molecule has 0 aliphatic carbocycles. The van der Waals surface area contributed by atoms with Crippen LogP contribution in [0.5, 0.6) is 5.75 Å². The Morgan fingerprint density at radius 1 is 1.00 bits per heavy atom. The molecule has 0 saturated carbocycles. The number of carbonyl (C=O) groups is 2. The molecule has 2 aromatic carbocycles. The molecule has 0 bridgehead atoms. The maximum Gasteiger partial charge on any atom is 0.348 e. The highest BCUT2D eigenvalue weighted by molar-refractivity contribution is 7.40. The minimum atomic E-state index is -0.547. The number of aromatic nitrogens is 1. The SMILES string of the molecule is CCOc1ccc(NC(=O)COC(=O)c2cc3nc(Nc4ccccc4)sc3s2)cc1. The number of rotatable bonds is 8. The topological polar surface area (TPSA) is 89.5 Å². The van der Waals surface area contributed by atoms with Crippen molar-refractivity contribution in [2.24, 2.45) is 0 Å². The summed E-state index contributed by atoms with van der Waals surface area (Å²) >= 11 is 2.75. The molecule has 1 amide bonds. The Hall–Kier alpha value is -3.43. The molecule has 0 radical (unpaired) electrons. The quantitative estimate of drug-likeness (QED) is 0.352. The molecule has 0 fully saturated rings. The molecule has 31 heavy (non-hydrogen) atoms. The van der Waals surface area contributed by atoms with Gasteiger partial charge in [0, 0.05) is 11.4 Å². The van der Waals surface area contributed by atoms with Crippen LogP contribution < -0.4 is 15.4 Å². The van der Waals surface area contributed by atoms with E-state index in [-0.39, 0.29) is 6.61 Å². The minimum Gasteiger partial charge on any atom is -0.494 e. The Labute approximate surface area is 186 Å². The molecule has 158 valence electrons. The van der Waals surface area contributed by atoms with Crippen LogP contribution in [-0.4, -0.2) is 30.1 Å². The number of thiazole rings is 1. The summed E-state index contributed by atoms with van der Waals surface area (Å²) in [5.41, 5.74) is 2.27. The van der Waals surface area contributed by atoms with Crippen LogP contribution in [-0.2, 0) is 9.53 Å². The van der Waals surface area contributed by atoms with Gasteiger partial charge in [-0.15, -0.1) is 11.3 Å². The van der Waals surface area contributed by atoms with Crippen molar-refractivity contribution in [2.45, 2.75) is 6.92 Å². The van der Waals surface area contributed by atoms with E-state index in [2.05, 4.69) is 15.6 Å². The average molecular weight is 454 g/mol. The van der Waals surface area contributed by atoms with Gasteiger partial charge in [-0.1, -0.05) is 29.5 Å². The molecule has 0 saturated heterocycles. The molecule has 0 spiro atoms. The Bertz CT molecular complexity index is 1160. The molecule has 0 aliphatic rings. The average Bonchev–Trinajstić information content (AvgIpc) is 3.33. The summed E-state index contributed by atoms with van der Waals surface area (Å²) in [6, 6.07) is 18.4. The number of nitrogens with zero attached hydrogens (tertiary/aromatic N) is 1. The Balaban J connectivity index is 1.30. The first-order valence-electron chi connectivity index (χ1n) is 9.53. The fourth-order valence-electron chi connectivity index (χ4n) is 2.74. The monoisotopic (exact) mass is 453 g/mol. The number of para-hydroxylation sites is 1. The van der Waals surface area contributed by atoms with E-state index in [0.29, 0.717) is 17.2 Å². The Morgan fingerprint density at radius 2 is 1.77 bits per heavy atom. The Kier molecular flexibility index (Phi) is 6.44. The lowest BCUT2D eigenvalue weighted by Crippen LogP contribution is -2.20. The van der Waals surface area contributed by atoms with Gasteiger partial charge < -0.3 is 20.1 Å². The summed E-state index contributed by atoms with van der Waals surface area (Å²) in [6.45, 7) is 2.10. The molecular formula is C22H19N3O4S2. The number of hydrogen-bond donors (Lipinski definition) is 2. The van der Waals surface area contributed by atoms with Crippen LogP contribution in [0.25, 0.3) is 9.53 Å². The number of carbonyl (C=O) groups excluding carboxylic acids is 2. The number of amides is 1. The molecule has 2 heterocycles. The van der Waals surface area contributed by atoms with Gasteiger partial charge in [-0.05, 0) is 49.4 Å². The molecule has 4 aromatic rings. The summed E-state index contributed by atoms with van der Waals surface area (Å²) in [4.78, 5) is 29.3. The second kappa shape index (κ2) is 9.59. The van der Waals surface area contributed by atoms with Crippen molar-refractivity contribution >= 4 is 60.6 Å². The molecular weight excluding hydrogens is 434 g/mol. The molecule has 0 atom stereocenters. The third-order valence-electron chi connectivity index (χ3n) is 4.10. The van der Waals surface area contributed by atoms with E-state index in [0.717, 1.165) is 26.1 Å². The van der Waals surface area contributed by atoms with E-state index in [9.17, 15) is 9.59 Å². The highest BCUT2D eigenvalue weighted by atomic mass is 32.2. The van der Waals surface area contributed by atoms with Crippen molar-refractivity contribution < 1.29 is 19.1 Å². The zero-order valence-corrected chi connectivity index (χ0v) is 18.2. The largest absolute Gasteiger partial charge is 0.494 e. The number of nitrogens with one attached hydrogen (secondary N) is 2. The van der Waals surface area contributed by atoms with E-state index < -0.39 is 11.9 Å². The first kappa shape index (κ1) is 20.8. The number of fused-ring (bicyclic) bond motifs is 1. The van der Waals surface area contributed by atoms with Crippen molar-refractivity contribution in [3.63, 3.8) is 0 Å². The first-order valence-corrected chi connectivity index (χ1v) is 11.2.